The van der Waals surface area contributed by atoms with Gasteiger partial charge in [-0.25, -0.2) is 4.79 Å². The summed E-state index contributed by atoms with van der Waals surface area (Å²) in [6.07, 6.45) is 0.243. The number of rotatable bonds is 4. The van der Waals surface area contributed by atoms with Crippen molar-refractivity contribution in [2.24, 2.45) is 0 Å². The lowest BCUT2D eigenvalue weighted by Crippen LogP contribution is -2.41. The minimum Gasteiger partial charge on any atom is -0.480 e. The molecule has 2 N–H and O–H groups in total. The molecule has 0 saturated heterocycles. The van der Waals surface area contributed by atoms with Crippen molar-refractivity contribution in [2.75, 3.05) is 0 Å². The highest BCUT2D eigenvalue weighted by Gasteiger charge is 2.19. The minimum atomic E-state index is -1.07. The van der Waals surface area contributed by atoms with E-state index in [9.17, 15) is 9.59 Å². The van der Waals surface area contributed by atoms with Gasteiger partial charge >= 0.3 is 5.97 Å². The van der Waals surface area contributed by atoms with Crippen LogP contribution in [0.5, 0.6) is 0 Å². The van der Waals surface area contributed by atoms with Crippen LogP contribution in [-0.2, 0) is 16.0 Å². The van der Waals surface area contributed by atoms with E-state index in [-0.39, 0.29) is 6.42 Å². The molecule has 4 nitrogen and oxygen atoms in total. The van der Waals surface area contributed by atoms with Gasteiger partial charge in [-0.1, -0.05) is 36.3 Å². The summed E-state index contributed by atoms with van der Waals surface area (Å²) < 4.78 is 0. The zero-order valence-corrected chi connectivity index (χ0v) is 9.43. The maximum Gasteiger partial charge on any atom is 0.326 e. The lowest BCUT2D eigenvalue weighted by atomic mass is 10.1. The molecular formula is C13H13NO3. The first-order valence-electron chi connectivity index (χ1n) is 5.13. The Labute approximate surface area is 99.7 Å². The van der Waals surface area contributed by atoms with Crippen molar-refractivity contribution in [2.45, 2.75) is 19.4 Å². The van der Waals surface area contributed by atoms with E-state index in [0.717, 1.165) is 5.56 Å². The number of carbonyl (C=O) groups excluding carboxylic acids is 1. The standard InChI is InChI=1S/C13H13NO3/c1-2-6-12(15)14-11(13(16)17)9-10-7-4-3-5-8-10/h3-5,7-8,11H,9H2,1H3,(H,14,15)(H,16,17)/t11-/m0/s1. The average Bonchev–Trinajstić information content (AvgIpc) is 2.29. The topological polar surface area (TPSA) is 66.4 Å². The van der Waals surface area contributed by atoms with Crippen molar-refractivity contribution in [3.05, 3.63) is 35.9 Å². The predicted octanol–water partition coefficient (Wildman–Crippen LogP) is 0.822. The minimum absolute atomic E-state index is 0.243. The zero-order valence-electron chi connectivity index (χ0n) is 9.43. The van der Waals surface area contributed by atoms with E-state index in [0.29, 0.717) is 0 Å². The molecule has 0 aromatic heterocycles. The molecule has 1 rings (SSSR count). The second-order valence-corrected chi connectivity index (χ2v) is 3.43. The van der Waals surface area contributed by atoms with Gasteiger partial charge in [0.2, 0.25) is 0 Å². The first-order chi connectivity index (χ1) is 8.13. The number of carboxylic acids is 1. The molecule has 88 valence electrons. The monoisotopic (exact) mass is 231 g/mol. The molecule has 0 fully saturated rings. The van der Waals surface area contributed by atoms with Crippen LogP contribution in [-0.4, -0.2) is 23.0 Å². The van der Waals surface area contributed by atoms with Crippen LogP contribution in [0.4, 0.5) is 0 Å². The lowest BCUT2D eigenvalue weighted by molar-refractivity contribution is -0.141. The lowest BCUT2D eigenvalue weighted by Gasteiger charge is -2.12. The predicted molar refractivity (Wildman–Crippen MR) is 63.2 cm³/mol. The van der Waals surface area contributed by atoms with E-state index >= 15 is 0 Å². The molecule has 4 heteroatoms. The fourth-order valence-corrected chi connectivity index (χ4v) is 1.36. The molecule has 0 aliphatic rings. The van der Waals surface area contributed by atoms with E-state index < -0.39 is 17.9 Å². The van der Waals surface area contributed by atoms with E-state index in [2.05, 4.69) is 17.2 Å². The molecule has 0 heterocycles. The van der Waals surface area contributed by atoms with Gasteiger partial charge in [-0.15, -0.1) is 0 Å². The maximum atomic E-state index is 11.2. The number of amides is 1. The van der Waals surface area contributed by atoms with Crippen LogP contribution in [0.2, 0.25) is 0 Å². The Morgan fingerprint density at radius 3 is 2.53 bits per heavy atom. The normalized spacial score (nSPS) is 10.9. The van der Waals surface area contributed by atoms with Crippen LogP contribution in [0.1, 0.15) is 12.5 Å². The molecule has 1 aromatic carbocycles. The van der Waals surface area contributed by atoms with Crippen LogP contribution in [0, 0.1) is 11.8 Å². The van der Waals surface area contributed by atoms with Crippen molar-refractivity contribution in [3.8, 4) is 11.8 Å². The highest BCUT2D eigenvalue weighted by atomic mass is 16.4. The number of aliphatic carboxylic acids is 1. The fourth-order valence-electron chi connectivity index (χ4n) is 1.36. The van der Waals surface area contributed by atoms with Crippen molar-refractivity contribution in [3.63, 3.8) is 0 Å². The van der Waals surface area contributed by atoms with E-state index in [4.69, 9.17) is 5.11 Å². The molecule has 1 aromatic rings. The Bertz CT molecular complexity index is 457. The van der Waals surface area contributed by atoms with Crippen molar-refractivity contribution < 1.29 is 14.7 Å². The van der Waals surface area contributed by atoms with Gasteiger partial charge in [-0.3, -0.25) is 4.79 Å². The Morgan fingerprint density at radius 1 is 1.35 bits per heavy atom. The molecule has 17 heavy (non-hydrogen) atoms. The summed E-state index contributed by atoms with van der Waals surface area (Å²) in [7, 11) is 0. The average molecular weight is 231 g/mol. The first kappa shape index (κ1) is 12.8. The van der Waals surface area contributed by atoms with Gasteiger partial charge in [0, 0.05) is 6.42 Å². The quantitative estimate of drug-likeness (QED) is 0.754. The second-order valence-electron chi connectivity index (χ2n) is 3.43. The largest absolute Gasteiger partial charge is 0.480 e. The molecule has 1 amide bonds. The van der Waals surface area contributed by atoms with Gasteiger partial charge < -0.3 is 10.4 Å². The summed E-state index contributed by atoms with van der Waals surface area (Å²) >= 11 is 0. The van der Waals surface area contributed by atoms with E-state index in [1.54, 1.807) is 0 Å². The van der Waals surface area contributed by atoms with E-state index in [1.807, 2.05) is 30.3 Å². The highest BCUT2D eigenvalue weighted by Crippen LogP contribution is 2.03. The molecule has 0 saturated carbocycles. The molecule has 0 aliphatic carbocycles. The number of carboxylic acid groups (broad SMARTS) is 1. The van der Waals surface area contributed by atoms with Gasteiger partial charge in [0.05, 0.1) is 0 Å². The van der Waals surface area contributed by atoms with Crippen LogP contribution < -0.4 is 5.32 Å². The summed E-state index contributed by atoms with van der Waals surface area (Å²) in [5, 5.41) is 11.3. The highest BCUT2D eigenvalue weighted by molar-refractivity contribution is 5.96. The number of hydrogen-bond acceptors (Lipinski definition) is 2. The second kappa shape index (κ2) is 6.33. The summed E-state index contributed by atoms with van der Waals surface area (Å²) in [5.74, 6) is 3.03. The molecule has 1 atom stereocenters. The fraction of sp³-hybridized carbons (Fsp3) is 0.231. The van der Waals surface area contributed by atoms with Gasteiger partial charge in [0.1, 0.15) is 6.04 Å². The van der Waals surface area contributed by atoms with Crippen LogP contribution >= 0.6 is 0 Å². The van der Waals surface area contributed by atoms with Crippen molar-refractivity contribution in [1.82, 2.24) is 5.32 Å². The summed E-state index contributed by atoms with van der Waals surface area (Å²) in [4.78, 5) is 22.2. The third-order valence-electron chi connectivity index (χ3n) is 2.12. The number of nitrogens with one attached hydrogen (secondary N) is 1. The molecule has 0 aliphatic heterocycles. The SMILES string of the molecule is CC#CC(=O)N[C@@H](Cc1ccccc1)C(=O)O. The van der Waals surface area contributed by atoms with Gasteiger partial charge in [-0.05, 0) is 18.4 Å². The van der Waals surface area contributed by atoms with Crippen LogP contribution in [0.25, 0.3) is 0 Å². The maximum absolute atomic E-state index is 11.2. The zero-order chi connectivity index (χ0) is 12.7. The molecule has 0 spiro atoms. The van der Waals surface area contributed by atoms with Gasteiger partial charge in [0.15, 0.2) is 0 Å². The summed E-state index contributed by atoms with van der Waals surface area (Å²) in [6, 6.07) is 8.16. The summed E-state index contributed by atoms with van der Waals surface area (Å²) in [5.41, 5.74) is 0.852. The van der Waals surface area contributed by atoms with E-state index in [1.165, 1.54) is 6.92 Å². The summed E-state index contributed by atoms with van der Waals surface area (Å²) in [6.45, 7) is 1.52. The smallest absolute Gasteiger partial charge is 0.326 e. The Balaban J connectivity index is 2.70. The Kier molecular flexibility index (Phi) is 4.77. The third-order valence-corrected chi connectivity index (χ3v) is 2.12. The van der Waals surface area contributed by atoms with Crippen LogP contribution in [0.15, 0.2) is 30.3 Å². The molecule has 0 radical (unpaired) electrons. The Morgan fingerprint density at radius 2 is 2.00 bits per heavy atom. The number of carbonyl (C=O) groups is 2. The number of hydrogen-bond donors (Lipinski definition) is 2. The van der Waals surface area contributed by atoms with Crippen LogP contribution in [0.3, 0.4) is 0 Å². The third kappa shape index (κ3) is 4.39. The van der Waals surface area contributed by atoms with Crippen molar-refractivity contribution >= 4 is 11.9 Å². The molecular weight excluding hydrogens is 218 g/mol. The molecule has 0 bridgehead atoms. The van der Waals surface area contributed by atoms with Gasteiger partial charge in [-0.2, -0.15) is 0 Å². The first-order valence-corrected chi connectivity index (χ1v) is 5.13. The Hall–Kier alpha value is -2.28. The number of benzene rings is 1. The van der Waals surface area contributed by atoms with Gasteiger partial charge in [0.25, 0.3) is 5.91 Å². The molecule has 0 unspecified atom stereocenters. The van der Waals surface area contributed by atoms with Crippen molar-refractivity contribution in [1.29, 1.82) is 0 Å².